The third-order valence-electron chi connectivity index (χ3n) is 3.24. The number of hydrogen-bond donors (Lipinski definition) is 2. The van der Waals surface area contributed by atoms with Crippen molar-refractivity contribution in [3.63, 3.8) is 0 Å². The largest absolute Gasteiger partial charge is 0.373 e. The van der Waals surface area contributed by atoms with Gasteiger partial charge in [0.1, 0.15) is 0 Å². The monoisotopic (exact) mass is 276 g/mol. The summed E-state index contributed by atoms with van der Waals surface area (Å²) in [6, 6.07) is 10.3. The number of anilines is 1. The number of unbranched alkanes of at least 4 members (excludes halogenated alkanes) is 3. The number of benzene rings is 1. The summed E-state index contributed by atoms with van der Waals surface area (Å²) in [6.45, 7) is 4.74. The number of nitrogens with two attached hydrogens (primary N) is 1. The number of likely N-dealkylation sites (N-methyl/N-ethyl adjacent to an activating group) is 1. The Morgan fingerprint density at radius 1 is 1.20 bits per heavy atom. The van der Waals surface area contributed by atoms with Crippen LogP contribution < -0.4 is 16.0 Å². The molecule has 20 heavy (non-hydrogen) atoms. The van der Waals surface area contributed by atoms with Crippen molar-refractivity contribution >= 4 is 11.6 Å². The van der Waals surface area contributed by atoms with Crippen LogP contribution in [0.4, 0.5) is 5.69 Å². The molecule has 0 atom stereocenters. The van der Waals surface area contributed by atoms with Crippen molar-refractivity contribution < 1.29 is 0 Å². The van der Waals surface area contributed by atoms with E-state index in [-0.39, 0.29) is 0 Å². The molecule has 4 nitrogen and oxygen atoms in total. The van der Waals surface area contributed by atoms with E-state index in [1.165, 1.54) is 24.9 Å². The van der Waals surface area contributed by atoms with Gasteiger partial charge in [0.15, 0.2) is 5.96 Å². The molecule has 0 aliphatic carbocycles. The van der Waals surface area contributed by atoms with E-state index in [0.29, 0.717) is 5.96 Å². The zero-order valence-corrected chi connectivity index (χ0v) is 12.8. The average molecular weight is 276 g/mol. The molecule has 3 N–H and O–H groups in total. The van der Waals surface area contributed by atoms with Gasteiger partial charge in [0.25, 0.3) is 0 Å². The Hall–Kier alpha value is -1.71. The van der Waals surface area contributed by atoms with Gasteiger partial charge in [0, 0.05) is 32.4 Å². The van der Waals surface area contributed by atoms with Crippen molar-refractivity contribution in [2.45, 2.75) is 32.6 Å². The summed E-state index contributed by atoms with van der Waals surface area (Å²) in [5.41, 5.74) is 7.05. The van der Waals surface area contributed by atoms with Crippen molar-refractivity contribution in [1.29, 1.82) is 0 Å². The second kappa shape index (κ2) is 10.1. The highest BCUT2D eigenvalue weighted by atomic mass is 15.1. The van der Waals surface area contributed by atoms with Crippen LogP contribution in [-0.2, 0) is 0 Å². The minimum atomic E-state index is 0.558. The SMILES string of the molecule is CCCCCCN=C(N)NCCN(C)c1ccccc1. The minimum absolute atomic E-state index is 0.558. The summed E-state index contributed by atoms with van der Waals surface area (Å²) >= 11 is 0. The van der Waals surface area contributed by atoms with E-state index in [1.807, 2.05) is 18.2 Å². The predicted molar refractivity (Wildman–Crippen MR) is 88.3 cm³/mol. The quantitative estimate of drug-likeness (QED) is 0.414. The third kappa shape index (κ3) is 7.02. The Morgan fingerprint density at radius 3 is 2.65 bits per heavy atom. The summed E-state index contributed by atoms with van der Waals surface area (Å²) in [4.78, 5) is 6.53. The highest BCUT2D eigenvalue weighted by Gasteiger charge is 1.99. The van der Waals surface area contributed by atoms with Gasteiger partial charge in [-0.3, -0.25) is 4.99 Å². The van der Waals surface area contributed by atoms with Gasteiger partial charge in [0.05, 0.1) is 0 Å². The van der Waals surface area contributed by atoms with Gasteiger partial charge in [-0.15, -0.1) is 0 Å². The van der Waals surface area contributed by atoms with Crippen LogP contribution in [0, 0.1) is 0 Å². The zero-order valence-electron chi connectivity index (χ0n) is 12.8. The molecule has 0 aliphatic heterocycles. The van der Waals surface area contributed by atoms with Gasteiger partial charge in [-0.05, 0) is 18.6 Å². The summed E-state index contributed by atoms with van der Waals surface area (Å²) in [7, 11) is 2.08. The Kier molecular flexibility index (Phi) is 8.27. The van der Waals surface area contributed by atoms with E-state index in [2.05, 4.69) is 41.3 Å². The predicted octanol–water partition coefficient (Wildman–Crippen LogP) is 2.61. The molecule has 0 saturated heterocycles. The number of guanidine groups is 1. The maximum absolute atomic E-state index is 5.83. The molecule has 1 aromatic rings. The smallest absolute Gasteiger partial charge is 0.188 e. The van der Waals surface area contributed by atoms with Crippen molar-refractivity contribution in [3.8, 4) is 0 Å². The van der Waals surface area contributed by atoms with Crippen LogP contribution in [0.1, 0.15) is 32.6 Å². The lowest BCUT2D eigenvalue weighted by atomic mass is 10.2. The van der Waals surface area contributed by atoms with E-state index >= 15 is 0 Å². The molecule has 4 heteroatoms. The molecule has 0 amide bonds. The molecule has 0 fully saturated rings. The molecular weight excluding hydrogens is 248 g/mol. The topological polar surface area (TPSA) is 53.6 Å². The number of hydrogen-bond acceptors (Lipinski definition) is 2. The zero-order chi connectivity index (χ0) is 14.6. The van der Waals surface area contributed by atoms with E-state index in [9.17, 15) is 0 Å². The van der Waals surface area contributed by atoms with Crippen LogP contribution in [0.15, 0.2) is 35.3 Å². The molecule has 0 bridgehead atoms. The molecule has 1 rings (SSSR count). The van der Waals surface area contributed by atoms with Crippen LogP contribution in [0.2, 0.25) is 0 Å². The molecule has 0 radical (unpaired) electrons. The van der Waals surface area contributed by atoms with Crippen LogP contribution in [-0.4, -0.2) is 32.6 Å². The van der Waals surface area contributed by atoms with Crippen molar-refractivity contribution in [1.82, 2.24) is 5.32 Å². The molecule has 0 heterocycles. The molecule has 0 spiro atoms. The van der Waals surface area contributed by atoms with Crippen LogP contribution in [0.25, 0.3) is 0 Å². The first-order valence-corrected chi connectivity index (χ1v) is 7.54. The second-order valence-electron chi connectivity index (χ2n) is 5.01. The van der Waals surface area contributed by atoms with Crippen LogP contribution in [0.3, 0.4) is 0 Å². The first kappa shape index (κ1) is 16.3. The maximum Gasteiger partial charge on any atom is 0.188 e. The van der Waals surface area contributed by atoms with Crippen LogP contribution in [0.5, 0.6) is 0 Å². The van der Waals surface area contributed by atoms with Crippen LogP contribution >= 0.6 is 0 Å². The molecule has 0 unspecified atom stereocenters. The Balaban J connectivity index is 2.15. The lowest BCUT2D eigenvalue weighted by Gasteiger charge is -2.19. The lowest BCUT2D eigenvalue weighted by molar-refractivity contribution is 0.673. The van der Waals surface area contributed by atoms with Gasteiger partial charge in [0.2, 0.25) is 0 Å². The van der Waals surface area contributed by atoms with Crippen molar-refractivity contribution in [3.05, 3.63) is 30.3 Å². The van der Waals surface area contributed by atoms with E-state index in [0.717, 1.165) is 26.1 Å². The standard InChI is InChI=1S/C16H28N4/c1-3-4-5-9-12-18-16(17)19-13-14-20(2)15-10-7-6-8-11-15/h6-8,10-11H,3-5,9,12-14H2,1-2H3,(H3,17,18,19). The highest BCUT2D eigenvalue weighted by Crippen LogP contribution is 2.09. The highest BCUT2D eigenvalue weighted by molar-refractivity contribution is 5.77. The molecule has 1 aromatic carbocycles. The molecule has 0 aromatic heterocycles. The normalized spacial score (nSPS) is 11.4. The van der Waals surface area contributed by atoms with Gasteiger partial charge in [-0.2, -0.15) is 0 Å². The molecule has 0 saturated carbocycles. The van der Waals surface area contributed by atoms with E-state index in [1.54, 1.807) is 0 Å². The maximum atomic E-state index is 5.83. The van der Waals surface area contributed by atoms with Crippen molar-refractivity contribution in [2.75, 3.05) is 31.6 Å². The fourth-order valence-electron chi connectivity index (χ4n) is 1.96. The van der Waals surface area contributed by atoms with E-state index < -0.39 is 0 Å². The first-order valence-electron chi connectivity index (χ1n) is 7.54. The Bertz CT molecular complexity index is 375. The number of nitrogens with one attached hydrogen (secondary N) is 1. The fourth-order valence-corrected chi connectivity index (χ4v) is 1.96. The Labute approximate surface area is 123 Å². The summed E-state index contributed by atoms with van der Waals surface area (Å²) < 4.78 is 0. The molecule has 0 aliphatic rings. The third-order valence-corrected chi connectivity index (χ3v) is 3.24. The number of aliphatic imine (C=N–C) groups is 1. The number of para-hydroxylation sites is 1. The number of nitrogens with zero attached hydrogens (tertiary/aromatic N) is 2. The summed E-state index contributed by atoms with van der Waals surface area (Å²) in [6.07, 6.45) is 4.90. The minimum Gasteiger partial charge on any atom is -0.373 e. The Morgan fingerprint density at radius 2 is 1.95 bits per heavy atom. The summed E-state index contributed by atoms with van der Waals surface area (Å²) in [5, 5.41) is 3.16. The lowest BCUT2D eigenvalue weighted by Crippen LogP contribution is -2.37. The van der Waals surface area contributed by atoms with Gasteiger partial charge in [-0.1, -0.05) is 44.4 Å². The molecular formula is C16H28N4. The average Bonchev–Trinajstić information content (AvgIpc) is 2.48. The molecule has 112 valence electrons. The van der Waals surface area contributed by atoms with E-state index in [4.69, 9.17) is 5.73 Å². The van der Waals surface area contributed by atoms with Gasteiger partial charge >= 0.3 is 0 Å². The van der Waals surface area contributed by atoms with Gasteiger partial charge in [-0.25, -0.2) is 0 Å². The summed E-state index contributed by atoms with van der Waals surface area (Å²) in [5.74, 6) is 0.558. The second-order valence-corrected chi connectivity index (χ2v) is 5.01. The number of rotatable bonds is 9. The first-order chi connectivity index (χ1) is 9.74. The van der Waals surface area contributed by atoms with Gasteiger partial charge < -0.3 is 16.0 Å². The van der Waals surface area contributed by atoms with Crippen molar-refractivity contribution in [2.24, 2.45) is 10.7 Å². The fraction of sp³-hybridized carbons (Fsp3) is 0.562.